The van der Waals surface area contributed by atoms with E-state index in [4.69, 9.17) is 9.47 Å². The van der Waals surface area contributed by atoms with Crippen molar-refractivity contribution in [3.63, 3.8) is 0 Å². The smallest absolute Gasteiger partial charge is 0.262 e. The molecule has 8 heteroatoms. The van der Waals surface area contributed by atoms with Crippen molar-refractivity contribution in [1.29, 1.82) is 5.26 Å². The van der Waals surface area contributed by atoms with Gasteiger partial charge in [-0.05, 0) is 88.3 Å². The first kappa shape index (κ1) is 23.2. The van der Waals surface area contributed by atoms with Crippen molar-refractivity contribution < 1.29 is 23.0 Å². The summed E-state index contributed by atoms with van der Waals surface area (Å²) in [4.78, 5) is 12.2. The number of ether oxygens (including phenoxy) is 2. The van der Waals surface area contributed by atoms with E-state index in [2.05, 4.69) is 11.4 Å². The highest BCUT2D eigenvalue weighted by Crippen LogP contribution is 2.35. The maximum Gasteiger partial charge on any atom is 0.262 e. The van der Waals surface area contributed by atoms with Crippen LogP contribution in [0.2, 0.25) is 0 Å². The number of benzene rings is 3. The third-order valence-corrected chi connectivity index (χ3v) is 5.10. The highest BCUT2D eigenvalue weighted by Gasteiger charge is 2.14. The molecular formula is C24H17F2IN2O3. The molecule has 0 heterocycles. The number of carbonyl (C=O) groups excluding carboxylic acids is 1. The number of hydrogen-bond acceptors (Lipinski definition) is 4. The number of nitrogens with zero attached hydrogens (tertiary/aromatic N) is 1. The second-order valence-corrected chi connectivity index (χ2v) is 7.72. The van der Waals surface area contributed by atoms with Crippen LogP contribution in [0.3, 0.4) is 0 Å². The van der Waals surface area contributed by atoms with E-state index in [1.54, 1.807) is 24.3 Å². The summed E-state index contributed by atoms with van der Waals surface area (Å²) in [5.41, 5.74) is 1.84. The number of carbonyl (C=O) groups is 1. The molecule has 3 aromatic carbocycles. The predicted octanol–water partition coefficient (Wildman–Crippen LogP) is 5.66. The summed E-state index contributed by atoms with van der Waals surface area (Å²) in [5.74, 6) is -0.516. The van der Waals surface area contributed by atoms with Crippen molar-refractivity contribution in [3.8, 4) is 17.6 Å². The lowest BCUT2D eigenvalue weighted by molar-refractivity contribution is -0.118. The molecule has 1 amide bonds. The van der Waals surface area contributed by atoms with Crippen LogP contribution in [0.5, 0.6) is 11.5 Å². The van der Waals surface area contributed by atoms with Gasteiger partial charge in [0.15, 0.2) is 18.1 Å². The number of hydrogen-bond donors (Lipinski definition) is 1. The van der Waals surface area contributed by atoms with Crippen molar-refractivity contribution >= 4 is 45.8 Å². The van der Waals surface area contributed by atoms with Crippen LogP contribution in [0.1, 0.15) is 11.1 Å². The molecule has 0 aliphatic carbocycles. The molecule has 0 radical (unpaired) electrons. The SMILES string of the molecule is COc1cc(/C=C(/C#N)c2cccc(F)c2)cc(I)c1OCC(=O)Nc1ccc(F)cc1. The number of halogens is 3. The molecule has 162 valence electrons. The van der Waals surface area contributed by atoms with E-state index in [1.165, 1.54) is 49.6 Å². The van der Waals surface area contributed by atoms with Gasteiger partial charge >= 0.3 is 0 Å². The van der Waals surface area contributed by atoms with Crippen LogP contribution < -0.4 is 14.8 Å². The van der Waals surface area contributed by atoms with Crippen molar-refractivity contribution in [2.45, 2.75) is 0 Å². The Bertz CT molecular complexity index is 1200. The van der Waals surface area contributed by atoms with Gasteiger partial charge in [-0.3, -0.25) is 4.79 Å². The molecule has 0 spiro atoms. The van der Waals surface area contributed by atoms with Crippen LogP contribution in [0.25, 0.3) is 11.6 Å². The van der Waals surface area contributed by atoms with E-state index in [1.807, 2.05) is 22.6 Å². The van der Waals surface area contributed by atoms with Crippen molar-refractivity contribution in [2.24, 2.45) is 0 Å². The van der Waals surface area contributed by atoms with Gasteiger partial charge in [-0.15, -0.1) is 0 Å². The summed E-state index contributed by atoms with van der Waals surface area (Å²) in [6, 6.07) is 16.7. The molecule has 32 heavy (non-hydrogen) atoms. The second kappa shape index (κ2) is 10.7. The molecule has 3 aromatic rings. The summed E-state index contributed by atoms with van der Waals surface area (Å²) >= 11 is 2.04. The zero-order valence-corrected chi connectivity index (χ0v) is 19.0. The highest BCUT2D eigenvalue weighted by molar-refractivity contribution is 14.1. The first-order valence-electron chi connectivity index (χ1n) is 9.33. The Morgan fingerprint density at radius 1 is 1.12 bits per heavy atom. The summed E-state index contributed by atoms with van der Waals surface area (Å²) in [7, 11) is 1.46. The molecular weight excluding hydrogens is 529 g/mol. The molecule has 3 rings (SSSR count). The van der Waals surface area contributed by atoms with E-state index in [-0.39, 0.29) is 12.2 Å². The van der Waals surface area contributed by atoms with Crippen molar-refractivity contribution in [3.05, 3.63) is 87.0 Å². The first-order chi connectivity index (χ1) is 15.4. The van der Waals surface area contributed by atoms with E-state index < -0.39 is 17.5 Å². The van der Waals surface area contributed by atoms with E-state index in [0.29, 0.717) is 31.9 Å². The van der Waals surface area contributed by atoms with Gasteiger partial charge in [0.25, 0.3) is 5.91 Å². The predicted molar refractivity (Wildman–Crippen MR) is 126 cm³/mol. The van der Waals surface area contributed by atoms with E-state index in [0.717, 1.165) is 0 Å². The Hall–Kier alpha value is -3.45. The summed E-state index contributed by atoms with van der Waals surface area (Å²) < 4.78 is 38.2. The van der Waals surface area contributed by atoms with Crippen LogP contribution in [0.4, 0.5) is 14.5 Å². The fourth-order valence-corrected chi connectivity index (χ4v) is 3.62. The van der Waals surface area contributed by atoms with Gasteiger partial charge in [-0.1, -0.05) is 12.1 Å². The van der Waals surface area contributed by atoms with Gasteiger partial charge in [-0.25, -0.2) is 8.78 Å². The molecule has 0 unspecified atom stereocenters. The lowest BCUT2D eigenvalue weighted by Crippen LogP contribution is -2.20. The molecule has 0 fully saturated rings. The lowest BCUT2D eigenvalue weighted by Gasteiger charge is -2.14. The molecule has 0 aliphatic rings. The number of nitriles is 1. The fraction of sp³-hybridized carbons (Fsp3) is 0.0833. The lowest BCUT2D eigenvalue weighted by atomic mass is 10.0. The number of anilines is 1. The van der Waals surface area contributed by atoms with Crippen LogP contribution in [-0.2, 0) is 4.79 Å². The average Bonchev–Trinajstić information content (AvgIpc) is 2.78. The number of amides is 1. The van der Waals surface area contributed by atoms with E-state index >= 15 is 0 Å². The maximum atomic E-state index is 13.5. The molecule has 5 nitrogen and oxygen atoms in total. The molecule has 0 saturated carbocycles. The van der Waals surface area contributed by atoms with Gasteiger partial charge in [0.05, 0.1) is 22.3 Å². The Labute approximate surface area is 197 Å². The monoisotopic (exact) mass is 546 g/mol. The van der Waals surface area contributed by atoms with Crippen LogP contribution in [-0.4, -0.2) is 19.6 Å². The van der Waals surface area contributed by atoms with Crippen LogP contribution in [0.15, 0.2) is 60.7 Å². The fourth-order valence-electron chi connectivity index (χ4n) is 2.83. The van der Waals surface area contributed by atoms with Crippen molar-refractivity contribution in [2.75, 3.05) is 19.0 Å². The minimum atomic E-state index is -0.432. The van der Waals surface area contributed by atoms with Gasteiger partial charge in [0, 0.05) is 5.69 Å². The normalized spacial score (nSPS) is 10.9. The zero-order valence-electron chi connectivity index (χ0n) is 16.9. The van der Waals surface area contributed by atoms with Gasteiger partial charge in [-0.2, -0.15) is 5.26 Å². The number of nitrogens with one attached hydrogen (secondary N) is 1. The topological polar surface area (TPSA) is 71.3 Å². The van der Waals surface area contributed by atoms with Crippen LogP contribution in [0, 0.1) is 26.5 Å². The Morgan fingerprint density at radius 2 is 1.88 bits per heavy atom. The Balaban J connectivity index is 1.78. The number of methoxy groups -OCH3 is 1. The summed E-state index contributed by atoms with van der Waals surface area (Å²) in [6.45, 7) is -0.286. The first-order valence-corrected chi connectivity index (χ1v) is 10.4. The average molecular weight is 546 g/mol. The molecule has 0 saturated heterocycles. The minimum absolute atomic E-state index is 0.286. The van der Waals surface area contributed by atoms with Gasteiger partial charge in [0.1, 0.15) is 11.6 Å². The molecule has 0 aliphatic heterocycles. The van der Waals surface area contributed by atoms with Crippen LogP contribution >= 0.6 is 22.6 Å². The third kappa shape index (κ3) is 6.04. The quantitative estimate of drug-likeness (QED) is 0.236. The summed E-state index contributed by atoms with van der Waals surface area (Å²) in [6.07, 6.45) is 1.62. The molecule has 1 N–H and O–H groups in total. The largest absolute Gasteiger partial charge is 0.493 e. The highest BCUT2D eigenvalue weighted by atomic mass is 127. The summed E-state index contributed by atoms with van der Waals surface area (Å²) in [5, 5.41) is 12.1. The van der Waals surface area contributed by atoms with Gasteiger partial charge in [0.2, 0.25) is 0 Å². The minimum Gasteiger partial charge on any atom is -0.493 e. The second-order valence-electron chi connectivity index (χ2n) is 6.56. The Kier molecular flexibility index (Phi) is 7.78. The zero-order chi connectivity index (χ0) is 23.1. The van der Waals surface area contributed by atoms with Gasteiger partial charge < -0.3 is 14.8 Å². The number of allylic oxidation sites excluding steroid dienone is 1. The number of rotatable bonds is 7. The maximum absolute atomic E-state index is 13.5. The standard InChI is InChI=1S/C24H17F2IN2O3/c1-31-22-11-15(9-17(13-28)16-3-2-4-19(26)12-16)10-21(27)24(22)32-14-23(30)29-20-7-5-18(25)6-8-20/h2-12H,14H2,1H3,(H,29,30)/b17-9-. The molecule has 0 aromatic heterocycles. The van der Waals surface area contributed by atoms with E-state index in [9.17, 15) is 18.8 Å². The molecule has 0 atom stereocenters. The molecule has 0 bridgehead atoms. The third-order valence-electron chi connectivity index (χ3n) is 4.29. The van der Waals surface area contributed by atoms with Crippen molar-refractivity contribution in [1.82, 2.24) is 0 Å². The Morgan fingerprint density at radius 3 is 2.53 bits per heavy atom.